The molecule has 4 aromatic rings. The van der Waals surface area contributed by atoms with Crippen LogP contribution in [0.2, 0.25) is 0 Å². The van der Waals surface area contributed by atoms with E-state index in [4.69, 9.17) is 5.11 Å². The molecule has 2 heterocycles. The van der Waals surface area contributed by atoms with Crippen LogP contribution in [0.4, 0.5) is 0 Å². The normalized spacial score (nSPS) is 10.9. The highest BCUT2D eigenvalue weighted by Gasteiger charge is 2.18. The van der Waals surface area contributed by atoms with Crippen LogP contribution in [0.5, 0.6) is 0 Å². The number of aromatic nitrogens is 3. The zero-order valence-corrected chi connectivity index (χ0v) is 13.7. The molecule has 0 radical (unpaired) electrons. The molecule has 0 fully saturated rings. The number of H-pyrrole nitrogens is 1. The van der Waals surface area contributed by atoms with Crippen molar-refractivity contribution in [1.29, 1.82) is 0 Å². The molecular formula is C20H15N3O3. The highest BCUT2D eigenvalue weighted by atomic mass is 16.4. The first-order valence-corrected chi connectivity index (χ1v) is 8.11. The second-order valence-corrected chi connectivity index (χ2v) is 5.91. The predicted molar refractivity (Wildman–Crippen MR) is 98.0 cm³/mol. The van der Waals surface area contributed by atoms with Gasteiger partial charge in [0.25, 0.3) is 5.56 Å². The lowest BCUT2D eigenvalue weighted by molar-refractivity contribution is -0.136. The fourth-order valence-corrected chi connectivity index (χ4v) is 3.02. The topological polar surface area (TPSA) is 87.5 Å². The molecule has 0 saturated carbocycles. The van der Waals surface area contributed by atoms with E-state index >= 15 is 0 Å². The zero-order chi connectivity index (χ0) is 18.1. The van der Waals surface area contributed by atoms with Crippen molar-refractivity contribution >= 4 is 11.6 Å². The van der Waals surface area contributed by atoms with Crippen LogP contribution in [0.15, 0.2) is 71.5 Å². The second-order valence-electron chi connectivity index (χ2n) is 5.91. The number of benzene rings is 2. The van der Waals surface area contributed by atoms with Crippen molar-refractivity contribution in [3.05, 3.63) is 82.8 Å². The molecule has 0 saturated heterocycles. The first-order chi connectivity index (χ1) is 12.6. The number of aromatic amines is 1. The summed E-state index contributed by atoms with van der Waals surface area (Å²) in [6.45, 7) is 0. The monoisotopic (exact) mass is 345 g/mol. The number of nitrogens with zero attached hydrogens (tertiary/aromatic N) is 2. The Morgan fingerprint density at radius 3 is 2.23 bits per heavy atom. The van der Waals surface area contributed by atoms with Crippen molar-refractivity contribution in [3.63, 3.8) is 0 Å². The second kappa shape index (κ2) is 6.33. The average Bonchev–Trinajstić information content (AvgIpc) is 3.02. The number of carboxylic acids is 1. The summed E-state index contributed by atoms with van der Waals surface area (Å²) in [7, 11) is 0. The largest absolute Gasteiger partial charge is 0.481 e. The Hall–Kier alpha value is -3.67. The summed E-state index contributed by atoms with van der Waals surface area (Å²) in [4.78, 5) is 28.0. The minimum Gasteiger partial charge on any atom is -0.481 e. The van der Waals surface area contributed by atoms with Crippen molar-refractivity contribution in [3.8, 4) is 22.4 Å². The van der Waals surface area contributed by atoms with Gasteiger partial charge in [-0.1, -0.05) is 60.7 Å². The van der Waals surface area contributed by atoms with E-state index in [1.165, 1.54) is 10.6 Å². The number of hydrogen-bond donors (Lipinski definition) is 2. The van der Waals surface area contributed by atoms with Gasteiger partial charge in [0.15, 0.2) is 5.65 Å². The van der Waals surface area contributed by atoms with Gasteiger partial charge in [-0.25, -0.2) is 9.50 Å². The maximum absolute atomic E-state index is 12.5. The molecular weight excluding hydrogens is 330 g/mol. The van der Waals surface area contributed by atoms with Crippen LogP contribution in [-0.2, 0) is 11.2 Å². The minimum absolute atomic E-state index is 0.235. The lowest BCUT2D eigenvalue weighted by atomic mass is 10.0. The molecule has 0 bridgehead atoms. The van der Waals surface area contributed by atoms with E-state index in [0.717, 1.165) is 22.4 Å². The van der Waals surface area contributed by atoms with E-state index in [1.54, 1.807) is 0 Å². The van der Waals surface area contributed by atoms with Crippen molar-refractivity contribution in [2.75, 3.05) is 0 Å². The smallest absolute Gasteiger partial charge is 0.309 e. The molecule has 2 aromatic carbocycles. The number of hydrogen-bond acceptors (Lipinski definition) is 3. The first kappa shape index (κ1) is 15.8. The third-order valence-electron chi connectivity index (χ3n) is 4.13. The van der Waals surface area contributed by atoms with Crippen LogP contribution in [0, 0.1) is 0 Å². The number of aliphatic carboxylic acids is 1. The predicted octanol–water partition coefficient (Wildman–Crippen LogP) is 2.98. The summed E-state index contributed by atoms with van der Waals surface area (Å²) in [5, 5.41) is 12.2. The number of carbonyl (C=O) groups is 1. The van der Waals surface area contributed by atoms with Crippen LogP contribution in [0.1, 0.15) is 5.69 Å². The van der Waals surface area contributed by atoms with Gasteiger partial charge in [-0.2, -0.15) is 0 Å². The lowest BCUT2D eigenvalue weighted by Gasteiger charge is -2.04. The molecule has 4 rings (SSSR count). The molecule has 0 unspecified atom stereocenters. The van der Waals surface area contributed by atoms with Gasteiger partial charge in [0.2, 0.25) is 0 Å². The fraction of sp³-hybridized carbons (Fsp3) is 0.0500. The molecule has 0 atom stereocenters. The number of rotatable bonds is 4. The minimum atomic E-state index is -1.03. The molecule has 0 amide bonds. The van der Waals surface area contributed by atoms with Crippen molar-refractivity contribution in [1.82, 2.24) is 14.6 Å². The van der Waals surface area contributed by atoms with E-state index in [2.05, 4.69) is 10.1 Å². The quantitative estimate of drug-likeness (QED) is 0.595. The summed E-state index contributed by atoms with van der Waals surface area (Å²) in [5.41, 5.74) is 3.64. The van der Waals surface area contributed by atoms with Gasteiger partial charge < -0.3 is 5.11 Å². The molecule has 6 nitrogen and oxygen atoms in total. The van der Waals surface area contributed by atoms with Gasteiger partial charge in [0, 0.05) is 11.6 Å². The summed E-state index contributed by atoms with van der Waals surface area (Å²) < 4.78 is 1.36. The maximum Gasteiger partial charge on any atom is 0.309 e. The Morgan fingerprint density at radius 1 is 1.00 bits per heavy atom. The van der Waals surface area contributed by atoms with Gasteiger partial charge in [0.1, 0.15) is 0 Å². The maximum atomic E-state index is 12.5. The summed E-state index contributed by atoms with van der Waals surface area (Å²) >= 11 is 0. The highest BCUT2D eigenvalue weighted by Crippen LogP contribution is 2.33. The van der Waals surface area contributed by atoms with Crippen molar-refractivity contribution < 1.29 is 9.90 Å². The number of fused-ring (bicyclic) bond motifs is 1. The Balaban J connectivity index is 2.07. The van der Waals surface area contributed by atoms with Gasteiger partial charge >= 0.3 is 5.97 Å². The van der Waals surface area contributed by atoms with Crippen molar-refractivity contribution in [2.45, 2.75) is 6.42 Å². The molecule has 0 aliphatic heterocycles. The zero-order valence-electron chi connectivity index (χ0n) is 13.7. The fourth-order valence-electron chi connectivity index (χ4n) is 3.02. The van der Waals surface area contributed by atoms with E-state index in [9.17, 15) is 9.59 Å². The first-order valence-electron chi connectivity index (χ1n) is 8.11. The Bertz CT molecular complexity index is 1150. The summed E-state index contributed by atoms with van der Waals surface area (Å²) in [6.07, 6.45) is -0.300. The summed E-state index contributed by atoms with van der Waals surface area (Å²) in [6, 6.07) is 20.5. The van der Waals surface area contributed by atoms with Gasteiger partial charge in [0.05, 0.1) is 23.4 Å². The van der Waals surface area contributed by atoms with Crippen LogP contribution in [-0.4, -0.2) is 25.7 Å². The standard InChI is InChI=1S/C20H15N3O3/c24-16-11-15(12-17(25)26)21-20-18(13-7-3-1-4-8-13)19(22-23(16)20)14-9-5-2-6-10-14/h1-11,22H,12H2,(H,25,26). The molecule has 0 spiro atoms. The Labute approximate surface area is 148 Å². The average molecular weight is 345 g/mol. The molecule has 2 N–H and O–H groups in total. The van der Waals surface area contributed by atoms with E-state index in [1.807, 2.05) is 60.7 Å². The van der Waals surface area contributed by atoms with E-state index in [-0.39, 0.29) is 17.7 Å². The van der Waals surface area contributed by atoms with Crippen LogP contribution in [0.25, 0.3) is 28.0 Å². The molecule has 0 aliphatic rings. The van der Waals surface area contributed by atoms with Crippen LogP contribution in [0.3, 0.4) is 0 Å². The van der Waals surface area contributed by atoms with Crippen LogP contribution < -0.4 is 5.56 Å². The number of nitrogens with one attached hydrogen (secondary N) is 1. The van der Waals surface area contributed by atoms with E-state index < -0.39 is 5.97 Å². The molecule has 26 heavy (non-hydrogen) atoms. The van der Waals surface area contributed by atoms with Gasteiger partial charge in [-0.05, 0) is 5.56 Å². The number of carboxylic acid groups (broad SMARTS) is 1. The van der Waals surface area contributed by atoms with Crippen LogP contribution >= 0.6 is 0 Å². The third kappa shape index (κ3) is 2.77. The molecule has 6 heteroatoms. The lowest BCUT2D eigenvalue weighted by Crippen LogP contribution is -2.17. The molecule has 0 aliphatic carbocycles. The van der Waals surface area contributed by atoms with E-state index in [0.29, 0.717) is 5.65 Å². The Morgan fingerprint density at radius 2 is 1.62 bits per heavy atom. The van der Waals surface area contributed by atoms with Gasteiger partial charge in [-0.15, -0.1) is 0 Å². The molecule has 128 valence electrons. The Kier molecular flexibility index (Phi) is 3.85. The molecule has 2 aromatic heterocycles. The third-order valence-corrected chi connectivity index (χ3v) is 4.13. The summed E-state index contributed by atoms with van der Waals surface area (Å²) in [5.74, 6) is -1.03. The van der Waals surface area contributed by atoms with Gasteiger partial charge in [-0.3, -0.25) is 14.7 Å². The highest BCUT2D eigenvalue weighted by molar-refractivity contribution is 5.90. The SMILES string of the molecule is O=C(O)Cc1cc(=O)n2[nH]c(-c3ccccc3)c(-c3ccccc3)c2n1. The van der Waals surface area contributed by atoms with Crippen molar-refractivity contribution in [2.24, 2.45) is 0 Å².